The van der Waals surface area contributed by atoms with Crippen molar-refractivity contribution >= 4 is 12.2 Å². The number of guanidine groups is 1. The Hall–Kier alpha value is -2.24. The number of rotatable bonds is 4. The topological polar surface area (TPSA) is 96.8 Å². The lowest BCUT2D eigenvalue weighted by Crippen LogP contribution is -2.63. The van der Waals surface area contributed by atoms with Crippen molar-refractivity contribution < 1.29 is 14.6 Å². The number of nitrogens with zero attached hydrogens (tertiary/aromatic N) is 1. The minimum atomic E-state index is -0.0360. The predicted molar refractivity (Wildman–Crippen MR) is 61.5 cm³/mol. The van der Waals surface area contributed by atoms with Gasteiger partial charge in [-0.25, -0.2) is 0 Å². The minimum Gasteiger partial charge on any atom is -0.497 e. The molecule has 16 heavy (non-hydrogen) atoms. The quantitative estimate of drug-likeness (QED) is 0.325. The van der Waals surface area contributed by atoms with E-state index in [4.69, 9.17) is 20.9 Å². The van der Waals surface area contributed by atoms with E-state index in [9.17, 15) is 0 Å². The zero-order chi connectivity index (χ0) is 12.0. The standard InChI is InChI=1S/C10H14N4O2/c1-15-8-3-7(4-9(5-8)16-2)6-13-14-10(11)12/h3-6H,1-2H3,(H4,11,12,14)/p+1. The van der Waals surface area contributed by atoms with Crippen LogP contribution >= 0.6 is 0 Å². The summed E-state index contributed by atoms with van der Waals surface area (Å²) in [5.41, 5.74) is 11.2. The van der Waals surface area contributed by atoms with Gasteiger partial charge >= 0.3 is 0 Å². The molecule has 1 rings (SSSR count). The Morgan fingerprint density at radius 2 is 1.75 bits per heavy atom. The maximum Gasteiger partial charge on any atom is 0.256 e. The first-order chi connectivity index (χ1) is 7.65. The molecule has 1 aromatic rings. The lowest BCUT2D eigenvalue weighted by molar-refractivity contribution is -0.456. The first kappa shape index (κ1) is 11.8. The highest BCUT2D eigenvalue weighted by atomic mass is 16.5. The lowest BCUT2D eigenvalue weighted by atomic mass is 10.2. The SMILES string of the molecule is COc1cc(C=[NH+]N=C(N)N)cc(OC)c1. The van der Waals surface area contributed by atoms with Crippen molar-refractivity contribution in [2.24, 2.45) is 16.6 Å². The Kier molecular flexibility index (Phi) is 4.14. The van der Waals surface area contributed by atoms with Crippen molar-refractivity contribution in [3.63, 3.8) is 0 Å². The third-order valence-electron chi connectivity index (χ3n) is 1.80. The van der Waals surface area contributed by atoms with Crippen LogP contribution in [-0.4, -0.2) is 26.4 Å². The van der Waals surface area contributed by atoms with Crippen LogP contribution in [0.3, 0.4) is 0 Å². The predicted octanol–water partition coefficient (Wildman–Crippen LogP) is -1.61. The molecule has 0 bridgehead atoms. The van der Waals surface area contributed by atoms with Gasteiger partial charge in [0.05, 0.1) is 14.2 Å². The summed E-state index contributed by atoms with van der Waals surface area (Å²) < 4.78 is 10.2. The van der Waals surface area contributed by atoms with E-state index in [0.29, 0.717) is 11.5 Å². The normalized spacial score (nSPS) is 10.1. The number of nitrogens with one attached hydrogen (secondary N) is 1. The number of nitrogens with two attached hydrogens (primary N) is 2. The van der Waals surface area contributed by atoms with Crippen molar-refractivity contribution in [1.82, 2.24) is 0 Å². The average molecular weight is 223 g/mol. The highest BCUT2D eigenvalue weighted by Gasteiger charge is 2.01. The molecule has 0 saturated carbocycles. The molecular formula is C10H15N4O2+. The molecule has 0 heterocycles. The first-order valence-electron chi connectivity index (χ1n) is 4.56. The fraction of sp³-hybridized carbons (Fsp3) is 0.200. The van der Waals surface area contributed by atoms with Crippen molar-refractivity contribution in [2.45, 2.75) is 0 Å². The molecule has 5 N–H and O–H groups in total. The molecule has 0 atom stereocenters. The molecule has 0 aliphatic carbocycles. The molecule has 0 amide bonds. The zero-order valence-electron chi connectivity index (χ0n) is 9.23. The number of hydrogen-bond acceptors (Lipinski definition) is 3. The van der Waals surface area contributed by atoms with E-state index < -0.39 is 0 Å². The molecule has 0 radical (unpaired) electrons. The van der Waals surface area contributed by atoms with Gasteiger partial charge in [0.2, 0.25) is 6.21 Å². The van der Waals surface area contributed by atoms with Crippen LogP contribution in [0.5, 0.6) is 11.5 Å². The Morgan fingerprint density at radius 3 is 2.19 bits per heavy atom. The van der Waals surface area contributed by atoms with Gasteiger partial charge in [-0.2, -0.15) is 0 Å². The molecule has 0 aromatic heterocycles. The largest absolute Gasteiger partial charge is 0.497 e. The number of benzene rings is 1. The summed E-state index contributed by atoms with van der Waals surface area (Å²) in [6.07, 6.45) is 1.63. The molecule has 0 aliphatic rings. The van der Waals surface area contributed by atoms with E-state index in [1.807, 2.05) is 12.1 Å². The molecule has 86 valence electrons. The highest BCUT2D eigenvalue weighted by molar-refractivity contribution is 5.78. The van der Waals surface area contributed by atoms with Gasteiger partial charge in [0.25, 0.3) is 5.96 Å². The molecule has 0 unspecified atom stereocenters. The Morgan fingerprint density at radius 1 is 1.19 bits per heavy atom. The van der Waals surface area contributed by atoms with E-state index in [2.05, 4.69) is 10.2 Å². The summed E-state index contributed by atoms with van der Waals surface area (Å²) in [7, 11) is 3.17. The van der Waals surface area contributed by atoms with E-state index in [0.717, 1.165) is 5.56 Å². The fourth-order valence-corrected chi connectivity index (χ4v) is 1.09. The van der Waals surface area contributed by atoms with Crippen molar-refractivity contribution in [1.29, 1.82) is 0 Å². The third kappa shape index (κ3) is 3.49. The van der Waals surface area contributed by atoms with Gasteiger partial charge in [-0.05, 0) is 12.1 Å². The molecular weight excluding hydrogens is 208 g/mol. The molecule has 6 heteroatoms. The molecule has 0 spiro atoms. The molecule has 0 aliphatic heterocycles. The summed E-state index contributed by atoms with van der Waals surface area (Å²) in [5, 5.41) is 6.22. The summed E-state index contributed by atoms with van der Waals surface area (Å²) in [6, 6.07) is 5.41. The molecule has 6 nitrogen and oxygen atoms in total. The second-order valence-electron chi connectivity index (χ2n) is 2.96. The van der Waals surface area contributed by atoms with Gasteiger partial charge in [-0.1, -0.05) is 0 Å². The van der Waals surface area contributed by atoms with Crippen LogP contribution in [0, 0.1) is 0 Å². The van der Waals surface area contributed by atoms with Gasteiger partial charge in [0, 0.05) is 16.7 Å². The smallest absolute Gasteiger partial charge is 0.256 e. The fourth-order valence-electron chi connectivity index (χ4n) is 1.09. The Bertz CT molecular complexity index is 389. The third-order valence-corrected chi connectivity index (χ3v) is 1.80. The van der Waals surface area contributed by atoms with Gasteiger partial charge in [0.15, 0.2) is 0 Å². The van der Waals surface area contributed by atoms with Crippen LogP contribution < -0.4 is 26.0 Å². The molecule has 0 fully saturated rings. The van der Waals surface area contributed by atoms with Gasteiger partial charge in [0.1, 0.15) is 11.5 Å². The van der Waals surface area contributed by atoms with Crippen molar-refractivity contribution in [2.75, 3.05) is 14.2 Å². The zero-order valence-corrected chi connectivity index (χ0v) is 9.23. The van der Waals surface area contributed by atoms with E-state index in [-0.39, 0.29) is 5.96 Å². The number of hydrazone groups is 1. The van der Waals surface area contributed by atoms with Crippen LogP contribution in [0.4, 0.5) is 0 Å². The van der Waals surface area contributed by atoms with Crippen LogP contribution in [0.1, 0.15) is 5.56 Å². The number of ether oxygens (including phenoxy) is 2. The Balaban J connectivity index is 2.95. The molecule has 0 saturated heterocycles. The second kappa shape index (κ2) is 5.59. The van der Waals surface area contributed by atoms with Gasteiger partial charge < -0.3 is 20.9 Å². The molecule has 1 aromatic carbocycles. The van der Waals surface area contributed by atoms with Gasteiger partial charge in [-0.3, -0.25) is 0 Å². The van der Waals surface area contributed by atoms with Crippen LogP contribution in [0.2, 0.25) is 0 Å². The first-order valence-corrected chi connectivity index (χ1v) is 4.56. The van der Waals surface area contributed by atoms with Crippen LogP contribution in [0.15, 0.2) is 23.3 Å². The van der Waals surface area contributed by atoms with E-state index in [1.54, 1.807) is 26.5 Å². The maximum atomic E-state index is 5.16. The second-order valence-corrected chi connectivity index (χ2v) is 2.96. The average Bonchev–Trinajstić information content (AvgIpc) is 2.28. The van der Waals surface area contributed by atoms with Gasteiger partial charge in [-0.15, -0.1) is 5.10 Å². The number of hydrogen-bond donors (Lipinski definition) is 3. The maximum absolute atomic E-state index is 5.16. The Labute approximate surface area is 93.6 Å². The van der Waals surface area contributed by atoms with Crippen LogP contribution in [0.25, 0.3) is 0 Å². The van der Waals surface area contributed by atoms with E-state index >= 15 is 0 Å². The van der Waals surface area contributed by atoms with Crippen molar-refractivity contribution in [3.05, 3.63) is 23.8 Å². The summed E-state index contributed by atoms with van der Waals surface area (Å²) in [6.45, 7) is 0. The lowest BCUT2D eigenvalue weighted by Gasteiger charge is -2.03. The van der Waals surface area contributed by atoms with Crippen molar-refractivity contribution in [3.8, 4) is 11.5 Å². The summed E-state index contributed by atoms with van der Waals surface area (Å²) >= 11 is 0. The minimum absolute atomic E-state index is 0.0360. The summed E-state index contributed by atoms with van der Waals surface area (Å²) in [5.74, 6) is 1.35. The monoisotopic (exact) mass is 223 g/mol. The summed E-state index contributed by atoms with van der Waals surface area (Å²) in [4.78, 5) is 0. The van der Waals surface area contributed by atoms with Crippen LogP contribution in [-0.2, 0) is 0 Å². The highest BCUT2D eigenvalue weighted by Crippen LogP contribution is 2.20. The van der Waals surface area contributed by atoms with E-state index in [1.165, 1.54) is 0 Å². The number of methoxy groups -OCH3 is 2.